The van der Waals surface area contributed by atoms with E-state index < -0.39 is 0 Å². The molecule has 1 amide bonds. The Balaban J connectivity index is 1.99. The van der Waals surface area contributed by atoms with Gasteiger partial charge in [-0.15, -0.1) is 0 Å². The van der Waals surface area contributed by atoms with Crippen LogP contribution in [0.1, 0.15) is 32.6 Å². The Kier molecular flexibility index (Phi) is 5.70. The number of benzene rings is 1. The standard InChI is InChI=1S/C15H20Cl2N2O/c1-11(19-8-4-2-3-5-9-19)15(20)18-14-7-6-12(16)10-13(14)17/h6-7,10-11H,2-5,8-9H2,1H3,(H,18,20)/p+1/t11-/m0/s1. The van der Waals surface area contributed by atoms with E-state index in [0.29, 0.717) is 15.7 Å². The van der Waals surface area contributed by atoms with Gasteiger partial charge in [0.25, 0.3) is 5.91 Å². The highest BCUT2D eigenvalue weighted by molar-refractivity contribution is 6.36. The minimum absolute atomic E-state index is 0.0196. The zero-order valence-corrected chi connectivity index (χ0v) is 13.2. The second-order valence-electron chi connectivity index (χ2n) is 5.41. The van der Waals surface area contributed by atoms with Crippen LogP contribution in [0.15, 0.2) is 18.2 Å². The van der Waals surface area contributed by atoms with Gasteiger partial charge in [-0.3, -0.25) is 4.79 Å². The molecule has 1 aromatic carbocycles. The van der Waals surface area contributed by atoms with E-state index in [0.717, 1.165) is 13.1 Å². The summed E-state index contributed by atoms with van der Waals surface area (Å²) in [5.41, 5.74) is 0.627. The summed E-state index contributed by atoms with van der Waals surface area (Å²) in [6.45, 7) is 4.13. The van der Waals surface area contributed by atoms with Crippen molar-refractivity contribution in [2.75, 3.05) is 18.4 Å². The number of hydrogen-bond donors (Lipinski definition) is 2. The van der Waals surface area contributed by atoms with Gasteiger partial charge < -0.3 is 10.2 Å². The van der Waals surface area contributed by atoms with Crippen LogP contribution >= 0.6 is 23.2 Å². The van der Waals surface area contributed by atoms with Gasteiger partial charge >= 0.3 is 0 Å². The van der Waals surface area contributed by atoms with E-state index in [1.165, 1.54) is 30.6 Å². The third-order valence-electron chi connectivity index (χ3n) is 3.94. The maximum absolute atomic E-state index is 12.3. The highest BCUT2D eigenvalue weighted by atomic mass is 35.5. The molecule has 0 aliphatic carbocycles. The third kappa shape index (κ3) is 4.11. The molecule has 1 aliphatic rings. The zero-order chi connectivity index (χ0) is 14.5. The van der Waals surface area contributed by atoms with Gasteiger partial charge in [-0.05, 0) is 50.8 Å². The first kappa shape index (κ1) is 15.6. The van der Waals surface area contributed by atoms with Crippen molar-refractivity contribution < 1.29 is 9.69 Å². The van der Waals surface area contributed by atoms with Crippen LogP contribution in [0.2, 0.25) is 10.0 Å². The van der Waals surface area contributed by atoms with Crippen molar-refractivity contribution >= 4 is 34.8 Å². The minimum atomic E-state index is -0.0557. The molecule has 1 aliphatic heterocycles. The zero-order valence-electron chi connectivity index (χ0n) is 11.7. The lowest BCUT2D eigenvalue weighted by atomic mass is 10.2. The summed E-state index contributed by atoms with van der Waals surface area (Å²) < 4.78 is 0. The van der Waals surface area contributed by atoms with Gasteiger partial charge in [0.15, 0.2) is 6.04 Å². The Labute approximate surface area is 130 Å². The third-order valence-corrected chi connectivity index (χ3v) is 4.49. The van der Waals surface area contributed by atoms with Gasteiger partial charge in [-0.25, -0.2) is 0 Å². The van der Waals surface area contributed by atoms with Crippen LogP contribution in [0.4, 0.5) is 5.69 Å². The van der Waals surface area contributed by atoms with Crippen LogP contribution in [0.25, 0.3) is 0 Å². The molecule has 5 heteroatoms. The van der Waals surface area contributed by atoms with Gasteiger partial charge in [0.05, 0.1) is 23.8 Å². The van der Waals surface area contributed by atoms with Crippen LogP contribution in [0, 0.1) is 0 Å². The molecule has 2 rings (SSSR count). The fourth-order valence-electron chi connectivity index (χ4n) is 2.63. The van der Waals surface area contributed by atoms with Crippen molar-refractivity contribution in [3.05, 3.63) is 28.2 Å². The molecule has 3 nitrogen and oxygen atoms in total. The number of halogens is 2. The molecule has 110 valence electrons. The van der Waals surface area contributed by atoms with Crippen LogP contribution in [0.5, 0.6) is 0 Å². The van der Waals surface area contributed by atoms with Gasteiger partial charge in [0.2, 0.25) is 0 Å². The van der Waals surface area contributed by atoms with E-state index in [1.807, 2.05) is 6.92 Å². The molecule has 0 saturated carbocycles. The first-order valence-electron chi connectivity index (χ1n) is 7.18. The summed E-state index contributed by atoms with van der Waals surface area (Å²) in [7, 11) is 0. The quantitative estimate of drug-likeness (QED) is 0.883. The number of amides is 1. The molecular weight excluding hydrogens is 295 g/mol. The van der Waals surface area contributed by atoms with Crippen LogP contribution in [0.3, 0.4) is 0 Å². The fraction of sp³-hybridized carbons (Fsp3) is 0.533. The first-order chi connectivity index (χ1) is 9.58. The smallest absolute Gasteiger partial charge is 0.282 e. The molecule has 0 radical (unpaired) electrons. The predicted octanol–water partition coefficient (Wildman–Crippen LogP) is 2.78. The average molecular weight is 316 g/mol. The number of carbonyl (C=O) groups is 1. The van der Waals surface area contributed by atoms with E-state index >= 15 is 0 Å². The van der Waals surface area contributed by atoms with Crippen LogP contribution in [-0.2, 0) is 4.79 Å². The summed E-state index contributed by atoms with van der Waals surface area (Å²) in [6, 6.07) is 5.06. The topological polar surface area (TPSA) is 33.5 Å². The van der Waals surface area contributed by atoms with Gasteiger partial charge in [-0.1, -0.05) is 23.2 Å². The van der Waals surface area contributed by atoms with Crippen molar-refractivity contribution in [3.8, 4) is 0 Å². The van der Waals surface area contributed by atoms with Gasteiger partial charge in [0, 0.05) is 5.02 Å². The van der Waals surface area contributed by atoms with Crippen LogP contribution < -0.4 is 10.2 Å². The second kappa shape index (κ2) is 7.30. The normalized spacial score (nSPS) is 18.4. The van der Waals surface area contributed by atoms with E-state index in [1.54, 1.807) is 18.2 Å². The lowest BCUT2D eigenvalue weighted by molar-refractivity contribution is -0.913. The van der Waals surface area contributed by atoms with Crippen molar-refractivity contribution in [1.29, 1.82) is 0 Å². The lowest BCUT2D eigenvalue weighted by Gasteiger charge is -2.23. The summed E-state index contributed by atoms with van der Waals surface area (Å²) in [6.07, 6.45) is 4.96. The molecule has 0 unspecified atom stereocenters. The second-order valence-corrected chi connectivity index (χ2v) is 6.25. The van der Waals surface area contributed by atoms with Crippen molar-refractivity contribution in [3.63, 3.8) is 0 Å². The molecule has 0 spiro atoms. The summed E-state index contributed by atoms with van der Waals surface area (Å²) in [4.78, 5) is 13.7. The maximum atomic E-state index is 12.3. The molecule has 1 saturated heterocycles. The minimum Gasteiger partial charge on any atom is -0.325 e. The molecule has 1 atom stereocenters. The van der Waals surface area contributed by atoms with E-state index in [4.69, 9.17) is 23.2 Å². The Morgan fingerprint density at radius 2 is 1.85 bits per heavy atom. The average Bonchev–Trinajstić information content (AvgIpc) is 2.70. The highest BCUT2D eigenvalue weighted by Gasteiger charge is 2.26. The Bertz CT molecular complexity index is 471. The molecule has 1 aromatic rings. The Morgan fingerprint density at radius 1 is 1.20 bits per heavy atom. The molecule has 0 bridgehead atoms. The number of rotatable bonds is 3. The number of hydrogen-bond acceptors (Lipinski definition) is 1. The number of anilines is 1. The maximum Gasteiger partial charge on any atom is 0.282 e. The summed E-state index contributed by atoms with van der Waals surface area (Å²) in [5, 5.41) is 3.95. The highest BCUT2D eigenvalue weighted by Crippen LogP contribution is 2.25. The molecule has 0 aromatic heterocycles. The van der Waals surface area contributed by atoms with Crippen molar-refractivity contribution in [2.45, 2.75) is 38.6 Å². The van der Waals surface area contributed by atoms with Crippen molar-refractivity contribution in [1.82, 2.24) is 0 Å². The number of quaternary nitrogens is 1. The first-order valence-corrected chi connectivity index (χ1v) is 7.94. The van der Waals surface area contributed by atoms with Crippen molar-refractivity contribution in [2.24, 2.45) is 0 Å². The Hall–Kier alpha value is -0.770. The molecule has 1 fully saturated rings. The summed E-state index contributed by atoms with van der Waals surface area (Å²) in [5.74, 6) is 0.0196. The number of likely N-dealkylation sites (tertiary alicyclic amines) is 1. The fourth-order valence-corrected chi connectivity index (χ4v) is 3.09. The number of nitrogens with one attached hydrogen (secondary N) is 2. The lowest BCUT2D eigenvalue weighted by Crippen LogP contribution is -3.16. The predicted molar refractivity (Wildman–Crippen MR) is 83.7 cm³/mol. The SMILES string of the molecule is C[C@@H](C(=O)Nc1ccc(Cl)cc1Cl)[NH+]1CCCCCC1. The monoisotopic (exact) mass is 315 g/mol. The Morgan fingerprint density at radius 3 is 2.45 bits per heavy atom. The largest absolute Gasteiger partial charge is 0.325 e. The van der Waals surface area contributed by atoms with E-state index in [9.17, 15) is 4.79 Å². The molecule has 1 heterocycles. The van der Waals surface area contributed by atoms with Gasteiger partial charge in [-0.2, -0.15) is 0 Å². The van der Waals surface area contributed by atoms with E-state index in [-0.39, 0.29) is 11.9 Å². The molecular formula is C15H21Cl2N2O+. The molecule has 2 N–H and O–H groups in total. The molecule has 20 heavy (non-hydrogen) atoms. The summed E-state index contributed by atoms with van der Waals surface area (Å²) >= 11 is 11.9. The van der Waals surface area contributed by atoms with E-state index in [2.05, 4.69) is 5.32 Å². The van der Waals surface area contributed by atoms with Crippen LogP contribution in [-0.4, -0.2) is 25.0 Å². The number of carbonyl (C=O) groups excluding carboxylic acids is 1. The van der Waals surface area contributed by atoms with Gasteiger partial charge in [0.1, 0.15) is 0 Å².